The minimum Gasteiger partial charge on any atom is -0.497 e. The molecule has 0 atom stereocenters. The van der Waals surface area contributed by atoms with Gasteiger partial charge in [-0.25, -0.2) is 4.79 Å². The van der Waals surface area contributed by atoms with Gasteiger partial charge < -0.3 is 15.0 Å². The van der Waals surface area contributed by atoms with Gasteiger partial charge >= 0.3 is 6.03 Å². The first-order valence-electron chi connectivity index (χ1n) is 7.35. The van der Waals surface area contributed by atoms with Crippen LogP contribution in [0.3, 0.4) is 0 Å². The molecule has 0 saturated heterocycles. The highest BCUT2D eigenvalue weighted by atomic mass is 16.5. The van der Waals surface area contributed by atoms with Crippen LogP contribution in [0.25, 0.3) is 0 Å². The third-order valence-electron chi connectivity index (χ3n) is 3.40. The molecule has 2 rings (SSSR count). The van der Waals surface area contributed by atoms with Gasteiger partial charge in [-0.2, -0.15) is 0 Å². The molecule has 2 amide bonds. The second-order valence-electron chi connectivity index (χ2n) is 5.37. The molecular formula is C18H22N2O2. The van der Waals surface area contributed by atoms with Crippen LogP contribution in [-0.2, 0) is 6.54 Å². The molecule has 0 fully saturated rings. The fourth-order valence-electron chi connectivity index (χ4n) is 2.17. The van der Waals surface area contributed by atoms with Gasteiger partial charge in [-0.3, -0.25) is 0 Å². The van der Waals surface area contributed by atoms with Crippen LogP contribution in [0.5, 0.6) is 5.75 Å². The maximum atomic E-state index is 12.5. The maximum Gasteiger partial charge on any atom is 0.322 e. The Morgan fingerprint density at radius 2 is 1.86 bits per heavy atom. The van der Waals surface area contributed by atoms with Crippen LogP contribution in [0.2, 0.25) is 0 Å². The minimum atomic E-state index is -0.118. The van der Waals surface area contributed by atoms with E-state index in [4.69, 9.17) is 4.74 Å². The Morgan fingerprint density at radius 1 is 1.14 bits per heavy atom. The van der Waals surface area contributed by atoms with E-state index in [-0.39, 0.29) is 12.1 Å². The van der Waals surface area contributed by atoms with Crippen molar-refractivity contribution < 1.29 is 9.53 Å². The zero-order valence-corrected chi connectivity index (χ0v) is 13.2. The Hall–Kier alpha value is -2.49. The summed E-state index contributed by atoms with van der Waals surface area (Å²) in [7, 11) is 1.61. The molecular weight excluding hydrogens is 276 g/mol. The molecule has 2 aromatic rings. The van der Waals surface area contributed by atoms with Crippen molar-refractivity contribution in [2.45, 2.75) is 26.4 Å². The highest BCUT2D eigenvalue weighted by Gasteiger charge is 2.17. The van der Waals surface area contributed by atoms with Crippen LogP contribution in [-0.4, -0.2) is 24.1 Å². The van der Waals surface area contributed by atoms with Crippen molar-refractivity contribution in [2.24, 2.45) is 0 Å². The Bertz CT molecular complexity index is 611. The van der Waals surface area contributed by atoms with Crippen molar-refractivity contribution in [3.63, 3.8) is 0 Å². The standard InChI is InChI=1S/C18H22N2O2/c1-14(2)20(13-15-8-5-4-6-9-15)18(21)19-16-10-7-11-17(12-16)22-3/h4-12,14H,13H2,1-3H3,(H,19,21). The molecule has 0 heterocycles. The van der Waals surface area contributed by atoms with E-state index < -0.39 is 0 Å². The van der Waals surface area contributed by atoms with E-state index in [1.165, 1.54) is 0 Å². The van der Waals surface area contributed by atoms with Gasteiger partial charge in [-0.05, 0) is 31.5 Å². The van der Waals surface area contributed by atoms with Gasteiger partial charge in [-0.15, -0.1) is 0 Å². The number of carbonyl (C=O) groups excluding carboxylic acids is 1. The Labute approximate surface area is 131 Å². The number of amides is 2. The summed E-state index contributed by atoms with van der Waals surface area (Å²) < 4.78 is 5.18. The average Bonchev–Trinajstić information content (AvgIpc) is 2.53. The summed E-state index contributed by atoms with van der Waals surface area (Å²) in [6, 6.07) is 17.3. The van der Waals surface area contributed by atoms with E-state index in [0.717, 1.165) is 17.0 Å². The number of nitrogens with one attached hydrogen (secondary N) is 1. The first kappa shape index (κ1) is 15.9. The molecule has 1 N–H and O–H groups in total. The second kappa shape index (κ2) is 7.50. The van der Waals surface area contributed by atoms with E-state index in [1.807, 2.05) is 62.4 Å². The van der Waals surface area contributed by atoms with Crippen molar-refractivity contribution in [3.8, 4) is 5.75 Å². The molecule has 22 heavy (non-hydrogen) atoms. The van der Waals surface area contributed by atoms with E-state index >= 15 is 0 Å². The number of anilines is 1. The number of carbonyl (C=O) groups is 1. The lowest BCUT2D eigenvalue weighted by molar-refractivity contribution is 0.193. The minimum absolute atomic E-state index is 0.103. The van der Waals surface area contributed by atoms with Crippen molar-refractivity contribution in [2.75, 3.05) is 12.4 Å². The third-order valence-corrected chi connectivity index (χ3v) is 3.40. The smallest absolute Gasteiger partial charge is 0.322 e. The summed E-state index contributed by atoms with van der Waals surface area (Å²) in [6.45, 7) is 4.59. The Morgan fingerprint density at radius 3 is 2.50 bits per heavy atom. The van der Waals surface area contributed by atoms with Crippen molar-refractivity contribution >= 4 is 11.7 Å². The summed E-state index contributed by atoms with van der Waals surface area (Å²) >= 11 is 0. The lowest BCUT2D eigenvalue weighted by Gasteiger charge is -2.27. The zero-order valence-electron chi connectivity index (χ0n) is 13.2. The van der Waals surface area contributed by atoms with Crippen LogP contribution in [0, 0.1) is 0 Å². The summed E-state index contributed by atoms with van der Waals surface area (Å²) in [6.07, 6.45) is 0. The molecule has 0 aliphatic rings. The molecule has 0 unspecified atom stereocenters. The van der Waals surface area contributed by atoms with Crippen molar-refractivity contribution in [1.29, 1.82) is 0 Å². The van der Waals surface area contributed by atoms with E-state index in [2.05, 4.69) is 5.32 Å². The highest BCUT2D eigenvalue weighted by Crippen LogP contribution is 2.18. The summed E-state index contributed by atoms with van der Waals surface area (Å²) in [5.41, 5.74) is 1.83. The fourth-order valence-corrected chi connectivity index (χ4v) is 2.17. The topological polar surface area (TPSA) is 41.6 Å². The van der Waals surface area contributed by atoms with Crippen LogP contribution in [0.15, 0.2) is 54.6 Å². The van der Waals surface area contributed by atoms with E-state index in [0.29, 0.717) is 6.54 Å². The monoisotopic (exact) mass is 298 g/mol. The number of rotatable bonds is 5. The van der Waals surface area contributed by atoms with Crippen molar-refractivity contribution in [1.82, 2.24) is 4.90 Å². The number of nitrogens with zero attached hydrogens (tertiary/aromatic N) is 1. The fraction of sp³-hybridized carbons (Fsp3) is 0.278. The first-order chi connectivity index (χ1) is 10.6. The van der Waals surface area contributed by atoms with Crippen LogP contribution >= 0.6 is 0 Å². The predicted molar refractivity (Wildman–Crippen MR) is 89.1 cm³/mol. The molecule has 0 aromatic heterocycles. The van der Waals surface area contributed by atoms with Crippen molar-refractivity contribution in [3.05, 3.63) is 60.2 Å². The highest BCUT2D eigenvalue weighted by molar-refractivity contribution is 5.89. The van der Waals surface area contributed by atoms with Gasteiger partial charge in [0.2, 0.25) is 0 Å². The molecule has 0 aliphatic carbocycles. The lowest BCUT2D eigenvalue weighted by atomic mass is 10.2. The summed E-state index contributed by atoms with van der Waals surface area (Å²) in [5.74, 6) is 0.719. The molecule has 4 nitrogen and oxygen atoms in total. The number of benzene rings is 2. The first-order valence-corrected chi connectivity index (χ1v) is 7.35. The normalized spacial score (nSPS) is 10.4. The second-order valence-corrected chi connectivity index (χ2v) is 5.37. The third kappa shape index (κ3) is 4.25. The zero-order chi connectivity index (χ0) is 15.9. The van der Waals surface area contributed by atoms with Crippen LogP contribution < -0.4 is 10.1 Å². The SMILES string of the molecule is COc1cccc(NC(=O)N(Cc2ccccc2)C(C)C)c1. The van der Waals surface area contributed by atoms with Gasteiger partial charge in [0.25, 0.3) is 0 Å². The van der Waals surface area contributed by atoms with Crippen LogP contribution in [0.4, 0.5) is 10.5 Å². The molecule has 0 aliphatic heterocycles. The van der Waals surface area contributed by atoms with Gasteiger partial charge in [0.05, 0.1) is 7.11 Å². The number of hydrogen-bond acceptors (Lipinski definition) is 2. The molecule has 0 radical (unpaired) electrons. The number of hydrogen-bond donors (Lipinski definition) is 1. The number of ether oxygens (including phenoxy) is 1. The lowest BCUT2D eigenvalue weighted by Crippen LogP contribution is -2.39. The molecule has 2 aromatic carbocycles. The van der Waals surface area contributed by atoms with E-state index in [9.17, 15) is 4.79 Å². The molecule has 116 valence electrons. The molecule has 0 spiro atoms. The van der Waals surface area contributed by atoms with Gasteiger partial charge in [0.15, 0.2) is 0 Å². The number of urea groups is 1. The average molecular weight is 298 g/mol. The van der Waals surface area contributed by atoms with Crippen LogP contribution in [0.1, 0.15) is 19.4 Å². The predicted octanol–water partition coefficient (Wildman–Crippen LogP) is 4.14. The Kier molecular flexibility index (Phi) is 5.42. The van der Waals surface area contributed by atoms with Gasteiger partial charge in [0, 0.05) is 24.3 Å². The van der Waals surface area contributed by atoms with Gasteiger partial charge in [0.1, 0.15) is 5.75 Å². The summed E-state index contributed by atoms with van der Waals surface area (Å²) in [5, 5.41) is 2.93. The van der Waals surface area contributed by atoms with E-state index in [1.54, 1.807) is 18.1 Å². The summed E-state index contributed by atoms with van der Waals surface area (Å²) in [4.78, 5) is 14.3. The Balaban J connectivity index is 2.09. The largest absolute Gasteiger partial charge is 0.497 e. The molecule has 0 bridgehead atoms. The molecule has 4 heteroatoms. The van der Waals surface area contributed by atoms with Gasteiger partial charge in [-0.1, -0.05) is 36.4 Å². The molecule has 0 saturated carbocycles. The number of methoxy groups -OCH3 is 1. The quantitative estimate of drug-likeness (QED) is 0.901. The maximum absolute atomic E-state index is 12.5.